The van der Waals surface area contributed by atoms with Crippen LogP contribution in [-0.2, 0) is 23.1 Å². The Morgan fingerprint density at radius 1 is 1.40 bits per heavy atom. The van der Waals surface area contributed by atoms with Crippen molar-refractivity contribution in [2.45, 2.75) is 51.2 Å². The van der Waals surface area contributed by atoms with Crippen molar-refractivity contribution in [3.63, 3.8) is 0 Å². The molecular formula is C14H22N4O2. The summed E-state index contributed by atoms with van der Waals surface area (Å²) in [7, 11) is 1.98. The maximum Gasteiger partial charge on any atom is 0.226 e. The van der Waals surface area contributed by atoms with Gasteiger partial charge in [0.05, 0.1) is 18.6 Å². The molecular weight excluding hydrogens is 256 g/mol. The van der Waals surface area contributed by atoms with Gasteiger partial charge in [0.1, 0.15) is 5.82 Å². The molecule has 110 valence electrons. The third kappa shape index (κ3) is 2.44. The van der Waals surface area contributed by atoms with E-state index >= 15 is 0 Å². The molecule has 0 radical (unpaired) electrons. The SMILES string of the molecule is C[C@H]1OCC[C@H]1C(=O)NCc1nnc(C2CCC2)n1C. The third-order valence-electron chi connectivity index (χ3n) is 4.60. The number of ether oxygens (including phenoxy) is 1. The highest BCUT2D eigenvalue weighted by Crippen LogP contribution is 2.35. The summed E-state index contributed by atoms with van der Waals surface area (Å²) in [6.45, 7) is 3.07. The molecule has 0 aromatic carbocycles. The van der Waals surface area contributed by atoms with Gasteiger partial charge in [-0.15, -0.1) is 10.2 Å². The van der Waals surface area contributed by atoms with Crippen LogP contribution in [0, 0.1) is 5.92 Å². The zero-order chi connectivity index (χ0) is 14.1. The maximum atomic E-state index is 12.1. The van der Waals surface area contributed by atoms with Crippen molar-refractivity contribution in [2.75, 3.05) is 6.61 Å². The molecule has 0 unspecified atom stereocenters. The van der Waals surface area contributed by atoms with Crippen LogP contribution in [0.15, 0.2) is 0 Å². The molecule has 1 aromatic rings. The first-order valence-corrected chi connectivity index (χ1v) is 7.44. The monoisotopic (exact) mass is 278 g/mol. The smallest absolute Gasteiger partial charge is 0.226 e. The quantitative estimate of drug-likeness (QED) is 0.896. The minimum Gasteiger partial charge on any atom is -0.378 e. The summed E-state index contributed by atoms with van der Waals surface area (Å²) < 4.78 is 7.45. The van der Waals surface area contributed by atoms with E-state index in [4.69, 9.17) is 4.74 Å². The Hall–Kier alpha value is -1.43. The molecule has 1 amide bonds. The van der Waals surface area contributed by atoms with Crippen molar-refractivity contribution in [2.24, 2.45) is 13.0 Å². The Balaban J connectivity index is 1.58. The predicted molar refractivity (Wildman–Crippen MR) is 73.0 cm³/mol. The standard InChI is InChI=1S/C14H22N4O2/c1-9-11(6-7-20-9)14(19)15-8-12-16-17-13(18(12)2)10-4-3-5-10/h9-11H,3-8H2,1-2H3,(H,15,19)/t9-,11-/m1/s1. The highest BCUT2D eigenvalue weighted by Gasteiger charge is 2.31. The van der Waals surface area contributed by atoms with Crippen molar-refractivity contribution in [1.82, 2.24) is 20.1 Å². The molecule has 2 aliphatic rings. The molecule has 2 atom stereocenters. The number of nitrogens with one attached hydrogen (secondary N) is 1. The fourth-order valence-corrected chi connectivity index (χ4v) is 2.92. The Bertz CT molecular complexity index is 495. The number of hydrogen-bond donors (Lipinski definition) is 1. The molecule has 0 spiro atoms. The minimum atomic E-state index is -0.0330. The van der Waals surface area contributed by atoms with E-state index in [1.807, 2.05) is 18.5 Å². The molecule has 0 bridgehead atoms. The van der Waals surface area contributed by atoms with Crippen molar-refractivity contribution < 1.29 is 9.53 Å². The summed E-state index contributed by atoms with van der Waals surface area (Å²) in [6.07, 6.45) is 4.51. The Kier molecular flexibility index (Phi) is 3.74. The van der Waals surface area contributed by atoms with Crippen molar-refractivity contribution in [3.8, 4) is 0 Å². The number of hydrogen-bond acceptors (Lipinski definition) is 4. The molecule has 1 aromatic heterocycles. The number of amides is 1. The van der Waals surface area contributed by atoms with Gasteiger partial charge in [0, 0.05) is 19.6 Å². The summed E-state index contributed by atoms with van der Waals surface area (Å²) in [5.41, 5.74) is 0. The number of aromatic nitrogens is 3. The van der Waals surface area contributed by atoms with Gasteiger partial charge in [-0.2, -0.15) is 0 Å². The van der Waals surface area contributed by atoms with Gasteiger partial charge in [0.2, 0.25) is 5.91 Å². The van der Waals surface area contributed by atoms with Crippen LogP contribution < -0.4 is 5.32 Å². The lowest BCUT2D eigenvalue weighted by Crippen LogP contribution is -2.34. The van der Waals surface area contributed by atoms with E-state index in [-0.39, 0.29) is 17.9 Å². The second kappa shape index (κ2) is 5.52. The fourth-order valence-electron chi connectivity index (χ4n) is 2.92. The Morgan fingerprint density at radius 3 is 2.80 bits per heavy atom. The number of carbonyl (C=O) groups excluding carboxylic acids is 1. The van der Waals surface area contributed by atoms with Crippen molar-refractivity contribution in [3.05, 3.63) is 11.6 Å². The number of rotatable bonds is 4. The number of nitrogens with zero attached hydrogens (tertiary/aromatic N) is 3. The van der Waals surface area contributed by atoms with Gasteiger partial charge in [-0.05, 0) is 26.2 Å². The third-order valence-corrected chi connectivity index (χ3v) is 4.60. The van der Waals surface area contributed by atoms with Crippen LogP contribution in [0.2, 0.25) is 0 Å². The zero-order valence-electron chi connectivity index (χ0n) is 12.1. The molecule has 1 N–H and O–H groups in total. The Morgan fingerprint density at radius 2 is 2.20 bits per heavy atom. The molecule has 1 aliphatic carbocycles. The topological polar surface area (TPSA) is 69.0 Å². The fraction of sp³-hybridized carbons (Fsp3) is 0.786. The van der Waals surface area contributed by atoms with Gasteiger partial charge >= 0.3 is 0 Å². The highest BCUT2D eigenvalue weighted by atomic mass is 16.5. The van der Waals surface area contributed by atoms with Crippen LogP contribution in [0.1, 0.15) is 50.2 Å². The summed E-state index contributed by atoms with van der Waals surface area (Å²) in [5, 5.41) is 11.4. The molecule has 3 rings (SSSR count). The molecule has 6 heteroatoms. The first kappa shape index (κ1) is 13.5. The lowest BCUT2D eigenvalue weighted by atomic mass is 9.85. The van der Waals surface area contributed by atoms with Crippen LogP contribution in [0.5, 0.6) is 0 Å². The second-order valence-corrected chi connectivity index (χ2v) is 5.85. The van der Waals surface area contributed by atoms with E-state index in [1.54, 1.807) is 0 Å². The van der Waals surface area contributed by atoms with E-state index in [1.165, 1.54) is 19.3 Å². The van der Waals surface area contributed by atoms with Crippen LogP contribution in [0.25, 0.3) is 0 Å². The van der Waals surface area contributed by atoms with Crippen LogP contribution in [0.4, 0.5) is 0 Å². The van der Waals surface area contributed by atoms with E-state index in [0.29, 0.717) is 19.1 Å². The van der Waals surface area contributed by atoms with Crippen molar-refractivity contribution >= 4 is 5.91 Å². The van der Waals surface area contributed by atoms with Gasteiger partial charge < -0.3 is 14.6 Å². The summed E-state index contributed by atoms with van der Waals surface area (Å²) in [5.74, 6) is 2.46. The van der Waals surface area contributed by atoms with E-state index in [9.17, 15) is 4.79 Å². The second-order valence-electron chi connectivity index (χ2n) is 5.85. The number of carbonyl (C=O) groups is 1. The van der Waals surface area contributed by atoms with Gasteiger partial charge in [-0.1, -0.05) is 6.42 Å². The lowest BCUT2D eigenvalue weighted by Gasteiger charge is -2.24. The lowest BCUT2D eigenvalue weighted by molar-refractivity contribution is -0.126. The van der Waals surface area contributed by atoms with Crippen LogP contribution >= 0.6 is 0 Å². The average Bonchev–Trinajstić information content (AvgIpc) is 2.93. The first-order valence-electron chi connectivity index (χ1n) is 7.44. The maximum absolute atomic E-state index is 12.1. The van der Waals surface area contributed by atoms with E-state index < -0.39 is 0 Å². The van der Waals surface area contributed by atoms with Gasteiger partial charge in [0.25, 0.3) is 0 Å². The molecule has 2 fully saturated rings. The largest absolute Gasteiger partial charge is 0.378 e. The highest BCUT2D eigenvalue weighted by molar-refractivity contribution is 5.79. The molecule has 1 aliphatic heterocycles. The first-order chi connectivity index (χ1) is 9.66. The van der Waals surface area contributed by atoms with Gasteiger partial charge in [0.15, 0.2) is 5.82 Å². The minimum absolute atomic E-state index is 0.0139. The van der Waals surface area contributed by atoms with Crippen LogP contribution in [-0.4, -0.2) is 33.4 Å². The Labute approximate surface area is 118 Å². The normalized spacial score (nSPS) is 26.5. The summed E-state index contributed by atoms with van der Waals surface area (Å²) >= 11 is 0. The molecule has 20 heavy (non-hydrogen) atoms. The van der Waals surface area contributed by atoms with E-state index in [2.05, 4.69) is 15.5 Å². The zero-order valence-corrected chi connectivity index (χ0v) is 12.1. The van der Waals surface area contributed by atoms with Crippen molar-refractivity contribution in [1.29, 1.82) is 0 Å². The van der Waals surface area contributed by atoms with Gasteiger partial charge in [-0.3, -0.25) is 4.79 Å². The summed E-state index contributed by atoms with van der Waals surface area (Å²) in [4.78, 5) is 12.1. The molecule has 2 heterocycles. The average molecular weight is 278 g/mol. The summed E-state index contributed by atoms with van der Waals surface area (Å²) in [6, 6.07) is 0. The molecule has 6 nitrogen and oxygen atoms in total. The predicted octanol–water partition coefficient (Wildman–Crippen LogP) is 1.12. The van der Waals surface area contributed by atoms with E-state index in [0.717, 1.165) is 18.1 Å². The molecule has 1 saturated heterocycles. The van der Waals surface area contributed by atoms with Crippen LogP contribution in [0.3, 0.4) is 0 Å². The van der Waals surface area contributed by atoms with Gasteiger partial charge in [-0.25, -0.2) is 0 Å². The molecule has 1 saturated carbocycles.